The smallest absolute Gasteiger partial charge is 0.433 e. The van der Waals surface area contributed by atoms with Crippen molar-refractivity contribution in [3.63, 3.8) is 0 Å². The molecule has 4 aliphatic rings. The summed E-state index contributed by atoms with van der Waals surface area (Å²) in [6.45, 7) is 3.25. The first-order chi connectivity index (χ1) is 20.2. The monoisotopic (exact) mass is 611 g/mol. The van der Waals surface area contributed by atoms with Gasteiger partial charge in [-0.2, -0.15) is 18.2 Å². The number of halogens is 4. The highest BCUT2D eigenvalue weighted by atomic mass is 35.5. The molecule has 6 rings (SSSR count). The molecule has 1 N–H and O–H groups in total. The van der Waals surface area contributed by atoms with E-state index in [1.807, 2.05) is 6.08 Å². The van der Waals surface area contributed by atoms with Crippen LogP contribution in [0.1, 0.15) is 42.5 Å². The van der Waals surface area contributed by atoms with Crippen LogP contribution in [0, 0.1) is 24.7 Å². The number of rotatable bonds is 3. The number of alkyl halides is 3. The van der Waals surface area contributed by atoms with E-state index >= 15 is 0 Å². The number of aromatic hydroxyl groups is 1. The Labute approximate surface area is 249 Å². The van der Waals surface area contributed by atoms with Gasteiger partial charge in [-0.3, -0.25) is 24.2 Å². The van der Waals surface area contributed by atoms with Crippen LogP contribution in [0.3, 0.4) is 0 Å². The maximum atomic E-state index is 14.1. The zero-order chi connectivity index (χ0) is 31.1. The van der Waals surface area contributed by atoms with E-state index in [4.69, 9.17) is 11.6 Å². The van der Waals surface area contributed by atoms with Crippen molar-refractivity contribution >= 4 is 40.8 Å². The third kappa shape index (κ3) is 4.40. The van der Waals surface area contributed by atoms with Gasteiger partial charge in [-0.15, -0.1) is 0 Å². The Kier molecular flexibility index (Phi) is 6.64. The van der Waals surface area contributed by atoms with E-state index < -0.39 is 53.2 Å². The number of allylic oxidation sites excluding steroid dienone is 6. The van der Waals surface area contributed by atoms with Crippen molar-refractivity contribution in [2.45, 2.75) is 38.8 Å². The molecule has 0 spiro atoms. The van der Waals surface area contributed by atoms with Gasteiger partial charge in [0.25, 0.3) is 11.8 Å². The van der Waals surface area contributed by atoms with Crippen LogP contribution in [0.15, 0.2) is 64.8 Å². The van der Waals surface area contributed by atoms with Crippen LogP contribution in [0.4, 0.5) is 19.0 Å². The molecule has 12 heteroatoms. The molecule has 1 fully saturated rings. The molecule has 4 atom stereocenters. The number of benzene rings is 1. The number of Topliss-reactive ketones (excluding diaryl/α,β-unsaturated/α-hetero) is 1. The number of aryl methyl sites for hydroxylation is 1. The number of hydrogen-bond acceptors (Lipinski definition) is 7. The van der Waals surface area contributed by atoms with E-state index in [-0.39, 0.29) is 46.3 Å². The minimum Gasteiger partial charge on any atom is -0.508 e. The van der Waals surface area contributed by atoms with Gasteiger partial charge in [-0.05, 0) is 68.0 Å². The lowest BCUT2D eigenvalue weighted by atomic mass is 9.59. The zero-order valence-electron chi connectivity index (χ0n) is 23.2. The summed E-state index contributed by atoms with van der Waals surface area (Å²) in [7, 11) is 1.25. The van der Waals surface area contributed by atoms with Crippen LogP contribution >= 0.6 is 11.6 Å². The van der Waals surface area contributed by atoms with Crippen LogP contribution in [-0.4, -0.2) is 45.5 Å². The van der Waals surface area contributed by atoms with Crippen molar-refractivity contribution in [1.82, 2.24) is 9.99 Å². The van der Waals surface area contributed by atoms with E-state index in [1.165, 1.54) is 19.2 Å². The molecule has 222 valence electrons. The van der Waals surface area contributed by atoms with Gasteiger partial charge in [0.15, 0.2) is 17.4 Å². The largest absolute Gasteiger partial charge is 0.508 e. The number of imide groups is 1. The summed E-state index contributed by atoms with van der Waals surface area (Å²) in [6.07, 6.45) is -1.46. The van der Waals surface area contributed by atoms with Gasteiger partial charge in [0.2, 0.25) is 0 Å². The Bertz CT molecular complexity index is 1740. The number of ketones is 2. The first kappa shape index (κ1) is 28.9. The van der Waals surface area contributed by atoms with Gasteiger partial charge in [0.1, 0.15) is 11.4 Å². The summed E-state index contributed by atoms with van der Waals surface area (Å²) < 4.78 is 40.2. The Morgan fingerprint density at radius 2 is 1.77 bits per heavy atom. The number of hydrogen-bond donors (Lipinski definition) is 1. The van der Waals surface area contributed by atoms with E-state index in [0.29, 0.717) is 28.3 Å². The van der Waals surface area contributed by atoms with Crippen molar-refractivity contribution in [2.24, 2.45) is 17.8 Å². The number of amides is 2. The first-order valence-electron chi connectivity index (χ1n) is 13.6. The van der Waals surface area contributed by atoms with Gasteiger partial charge in [0, 0.05) is 29.7 Å². The molecule has 1 aliphatic heterocycles. The van der Waals surface area contributed by atoms with Gasteiger partial charge < -0.3 is 5.11 Å². The number of carbonyl (C=O) groups excluding carboxylic acids is 4. The molecule has 8 nitrogen and oxygen atoms in total. The molecule has 0 bridgehead atoms. The summed E-state index contributed by atoms with van der Waals surface area (Å²) >= 11 is 6.18. The van der Waals surface area contributed by atoms with E-state index in [0.717, 1.165) is 16.1 Å². The van der Waals surface area contributed by atoms with Gasteiger partial charge in [0.05, 0.1) is 16.9 Å². The lowest BCUT2D eigenvalue weighted by Gasteiger charge is -2.42. The number of carbonyl (C=O) groups is 4. The fraction of sp³-hybridized carbons (Fsp3) is 0.323. The highest BCUT2D eigenvalue weighted by Crippen LogP contribution is 2.55. The predicted octanol–water partition coefficient (Wildman–Crippen LogP) is 5.25. The molecular weight excluding hydrogens is 587 g/mol. The first-order valence-corrected chi connectivity index (χ1v) is 13.9. The van der Waals surface area contributed by atoms with E-state index in [1.54, 1.807) is 26.0 Å². The summed E-state index contributed by atoms with van der Waals surface area (Å²) in [5, 5.41) is 11.7. The van der Waals surface area contributed by atoms with Crippen molar-refractivity contribution in [1.29, 1.82) is 0 Å². The second-order valence-electron chi connectivity index (χ2n) is 11.3. The van der Waals surface area contributed by atoms with Crippen LogP contribution in [0.25, 0.3) is 0 Å². The fourth-order valence-electron chi connectivity index (χ4n) is 6.81. The number of fused-ring (bicyclic) bond motifs is 3. The number of aromatic nitrogens is 1. The Hall–Kier alpha value is -4.25. The molecule has 0 radical (unpaired) electrons. The molecule has 0 saturated carbocycles. The van der Waals surface area contributed by atoms with Crippen molar-refractivity contribution in [2.75, 3.05) is 12.1 Å². The molecule has 2 heterocycles. The number of phenols is 1. The quantitative estimate of drug-likeness (QED) is 0.287. The second kappa shape index (κ2) is 9.90. The van der Waals surface area contributed by atoms with E-state index in [2.05, 4.69) is 4.98 Å². The number of pyridine rings is 1. The molecule has 3 aliphatic carbocycles. The van der Waals surface area contributed by atoms with Gasteiger partial charge in [-0.1, -0.05) is 35.4 Å². The van der Waals surface area contributed by atoms with Gasteiger partial charge in [-0.25, -0.2) is 4.98 Å². The lowest BCUT2D eigenvalue weighted by Crippen LogP contribution is -2.46. The van der Waals surface area contributed by atoms with Crippen LogP contribution < -0.4 is 5.01 Å². The summed E-state index contributed by atoms with van der Waals surface area (Å²) in [5.41, 5.74) is 1.54. The number of nitrogens with zero attached hydrogens (tertiary/aromatic N) is 3. The third-order valence-electron chi connectivity index (χ3n) is 8.82. The minimum absolute atomic E-state index is 0.0464. The standard InChI is InChI=1S/C31H25ClF3N3O5/c1-13-10-15(4-8-21(13)39)24-16-5-6-17-25(18(16)12-19-26(24)22(40)11-14(2)27(19)41)30(43)38(29(17)42)37(3)28-20(32)7-9-23(36-28)31(33,34)35/h4-5,7-11,17-18,24-25,39H,6,12H2,1-3H3/t17-,18+,24-,25-/m0/s1. The number of anilines is 1. The van der Waals surface area contributed by atoms with Crippen LogP contribution in [0.2, 0.25) is 5.02 Å². The number of phenolic OH excluding ortho intramolecular Hbond substituents is 1. The average Bonchev–Trinajstić information content (AvgIpc) is 3.21. The maximum absolute atomic E-state index is 14.1. The normalized spacial score (nSPS) is 25.3. The third-order valence-corrected chi connectivity index (χ3v) is 9.11. The van der Waals surface area contributed by atoms with Crippen LogP contribution in [-0.2, 0) is 25.4 Å². The van der Waals surface area contributed by atoms with E-state index in [9.17, 15) is 37.5 Å². The topological polar surface area (TPSA) is 108 Å². The molecule has 1 aromatic heterocycles. The fourth-order valence-corrected chi connectivity index (χ4v) is 7.04. The highest BCUT2D eigenvalue weighted by molar-refractivity contribution is 6.33. The predicted molar refractivity (Wildman–Crippen MR) is 149 cm³/mol. The highest BCUT2D eigenvalue weighted by Gasteiger charge is 2.57. The number of hydrazine groups is 1. The average molecular weight is 612 g/mol. The Morgan fingerprint density at radius 3 is 2.44 bits per heavy atom. The SMILES string of the molecule is CC1=CC(=O)C2=C(C[C@@H]3C(=CC[C@@H]4C(=O)N(N(C)c5nc(C(F)(F)F)ccc5Cl)C(=O)[C@@H]43)[C@@H]2c2ccc(O)c(C)c2)C1=O. The molecule has 2 aromatic rings. The van der Waals surface area contributed by atoms with Gasteiger partial charge >= 0.3 is 6.18 Å². The molecule has 43 heavy (non-hydrogen) atoms. The molecular formula is C31H25ClF3N3O5. The summed E-state index contributed by atoms with van der Waals surface area (Å²) in [4.78, 5) is 58.1. The van der Waals surface area contributed by atoms with Crippen molar-refractivity contribution in [3.05, 3.63) is 86.6 Å². The zero-order valence-corrected chi connectivity index (χ0v) is 24.0. The maximum Gasteiger partial charge on any atom is 0.433 e. The second-order valence-corrected chi connectivity index (χ2v) is 11.7. The summed E-state index contributed by atoms with van der Waals surface area (Å²) in [6, 6.07) is 6.61. The molecule has 1 aromatic carbocycles. The lowest BCUT2D eigenvalue weighted by molar-refractivity contribution is -0.141. The van der Waals surface area contributed by atoms with Crippen LogP contribution in [0.5, 0.6) is 5.75 Å². The molecule has 2 amide bonds. The molecule has 1 saturated heterocycles. The van der Waals surface area contributed by atoms with Crippen molar-refractivity contribution < 1.29 is 37.5 Å². The Balaban J connectivity index is 1.43. The Morgan fingerprint density at radius 1 is 1.05 bits per heavy atom. The van der Waals surface area contributed by atoms with Crippen molar-refractivity contribution in [3.8, 4) is 5.75 Å². The molecule has 0 unspecified atom stereocenters. The minimum atomic E-state index is -4.78. The summed E-state index contributed by atoms with van der Waals surface area (Å²) in [5.74, 6) is -5.38.